The molecule has 0 N–H and O–H groups in total. The molecule has 8 heteroatoms. The van der Waals surface area contributed by atoms with Crippen LogP contribution in [0.25, 0.3) is 0 Å². The van der Waals surface area contributed by atoms with Crippen molar-refractivity contribution in [3.05, 3.63) is 81.8 Å². The number of nitrogens with zero attached hydrogens (tertiary/aromatic N) is 1. The summed E-state index contributed by atoms with van der Waals surface area (Å²) in [6.45, 7) is 0. The minimum Gasteiger partial charge on any atom is -0.493 e. The molecule has 0 unspecified atom stereocenters. The van der Waals surface area contributed by atoms with Crippen molar-refractivity contribution >= 4 is 49.6 Å². The number of rotatable bonds is 6. The maximum atomic E-state index is 12.6. The van der Waals surface area contributed by atoms with Gasteiger partial charge < -0.3 is 8.92 Å². The highest BCUT2D eigenvalue weighted by atomic mass is 79.9. The number of benzene rings is 3. The first-order valence-electron chi connectivity index (χ1n) is 8.06. The van der Waals surface area contributed by atoms with Gasteiger partial charge in [0.15, 0.2) is 11.5 Å². The van der Waals surface area contributed by atoms with Gasteiger partial charge in [0, 0.05) is 11.2 Å². The number of para-hydroxylation sites is 1. The van der Waals surface area contributed by atoms with E-state index in [1.165, 1.54) is 31.4 Å². The number of aliphatic imine (C=N–C) groups is 1. The average molecular weight is 481 g/mol. The molecule has 3 rings (SSSR count). The molecule has 5 nitrogen and oxygen atoms in total. The highest BCUT2D eigenvalue weighted by molar-refractivity contribution is 9.10. The highest BCUT2D eigenvalue weighted by Crippen LogP contribution is 2.38. The SMILES string of the molecule is COc1cc(C=Nc2ccccc2)cc(Br)c1OS(=O)(=O)c1ccc(Cl)cc1. The lowest BCUT2D eigenvalue weighted by atomic mass is 10.2. The van der Waals surface area contributed by atoms with Crippen molar-refractivity contribution in [1.82, 2.24) is 0 Å². The van der Waals surface area contributed by atoms with Gasteiger partial charge in [0.2, 0.25) is 0 Å². The largest absolute Gasteiger partial charge is 0.493 e. The molecule has 0 fully saturated rings. The fourth-order valence-electron chi connectivity index (χ4n) is 2.32. The van der Waals surface area contributed by atoms with E-state index in [2.05, 4.69) is 20.9 Å². The van der Waals surface area contributed by atoms with Gasteiger partial charge in [0.05, 0.1) is 17.3 Å². The van der Waals surface area contributed by atoms with Gasteiger partial charge in [-0.1, -0.05) is 29.8 Å². The Kier molecular flexibility index (Phi) is 6.39. The highest BCUT2D eigenvalue weighted by Gasteiger charge is 2.22. The van der Waals surface area contributed by atoms with E-state index in [1.54, 1.807) is 18.3 Å². The van der Waals surface area contributed by atoms with Crippen LogP contribution in [0.1, 0.15) is 5.56 Å². The molecule has 0 saturated carbocycles. The molecule has 0 aromatic heterocycles. The Labute approximate surface area is 176 Å². The number of halogens is 2. The molecule has 0 amide bonds. The van der Waals surface area contributed by atoms with Crippen LogP contribution in [0.3, 0.4) is 0 Å². The second-order valence-electron chi connectivity index (χ2n) is 5.62. The zero-order chi connectivity index (χ0) is 20.1. The summed E-state index contributed by atoms with van der Waals surface area (Å²) in [6, 6.07) is 18.5. The van der Waals surface area contributed by atoms with Crippen molar-refractivity contribution in [1.29, 1.82) is 0 Å². The van der Waals surface area contributed by atoms with E-state index in [0.29, 0.717) is 15.1 Å². The number of hydrogen-bond donors (Lipinski definition) is 0. The predicted octanol–water partition coefficient (Wildman–Crippen LogP) is 5.63. The van der Waals surface area contributed by atoms with Gasteiger partial charge in [-0.05, 0) is 70.0 Å². The van der Waals surface area contributed by atoms with Crippen LogP contribution in [0.2, 0.25) is 5.02 Å². The number of ether oxygens (including phenoxy) is 1. The molecular formula is C20H15BrClNO4S. The fraction of sp³-hybridized carbons (Fsp3) is 0.0500. The van der Waals surface area contributed by atoms with Crippen molar-refractivity contribution < 1.29 is 17.3 Å². The van der Waals surface area contributed by atoms with Crippen LogP contribution in [0.4, 0.5) is 5.69 Å². The summed E-state index contributed by atoms with van der Waals surface area (Å²) in [5.41, 5.74) is 1.51. The van der Waals surface area contributed by atoms with Crippen LogP contribution in [0, 0.1) is 0 Å². The molecule has 0 aliphatic heterocycles. The van der Waals surface area contributed by atoms with Gasteiger partial charge in [0.1, 0.15) is 4.90 Å². The summed E-state index contributed by atoms with van der Waals surface area (Å²) in [5, 5.41) is 0.430. The van der Waals surface area contributed by atoms with Gasteiger partial charge in [-0.15, -0.1) is 0 Å². The van der Waals surface area contributed by atoms with E-state index in [4.69, 9.17) is 20.5 Å². The summed E-state index contributed by atoms with van der Waals surface area (Å²) < 4.78 is 36.2. The monoisotopic (exact) mass is 479 g/mol. The number of methoxy groups -OCH3 is 1. The number of hydrogen-bond acceptors (Lipinski definition) is 5. The van der Waals surface area contributed by atoms with Crippen molar-refractivity contribution in [2.24, 2.45) is 4.99 Å². The van der Waals surface area contributed by atoms with E-state index in [1.807, 2.05) is 30.3 Å². The van der Waals surface area contributed by atoms with Crippen LogP contribution in [0.5, 0.6) is 11.5 Å². The Morgan fingerprint density at radius 2 is 1.71 bits per heavy atom. The molecule has 0 heterocycles. The third kappa shape index (κ3) is 4.92. The fourth-order valence-corrected chi connectivity index (χ4v) is 4.05. The van der Waals surface area contributed by atoms with Gasteiger partial charge in [-0.3, -0.25) is 4.99 Å². The summed E-state index contributed by atoms with van der Waals surface area (Å²) in [7, 11) is -2.62. The minimum atomic E-state index is -4.06. The zero-order valence-electron chi connectivity index (χ0n) is 14.7. The van der Waals surface area contributed by atoms with Gasteiger partial charge in [0.25, 0.3) is 0 Å². The van der Waals surface area contributed by atoms with Gasteiger partial charge >= 0.3 is 10.1 Å². The first kappa shape index (κ1) is 20.4. The molecule has 0 radical (unpaired) electrons. The van der Waals surface area contributed by atoms with E-state index < -0.39 is 10.1 Å². The molecule has 0 bridgehead atoms. The molecule has 0 spiro atoms. The third-order valence-electron chi connectivity index (χ3n) is 3.67. The van der Waals surface area contributed by atoms with Crippen molar-refractivity contribution in [3.8, 4) is 11.5 Å². The Balaban J connectivity index is 1.91. The summed E-state index contributed by atoms with van der Waals surface area (Å²) in [6.07, 6.45) is 1.65. The summed E-state index contributed by atoms with van der Waals surface area (Å²) in [4.78, 5) is 4.37. The van der Waals surface area contributed by atoms with E-state index in [0.717, 1.165) is 5.69 Å². The molecule has 0 atom stereocenters. The molecule has 144 valence electrons. The normalized spacial score (nSPS) is 11.5. The second kappa shape index (κ2) is 8.77. The third-order valence-corrected chi connectivity index (χ3v) is 5.74. The molecular weight excluding hydrogens is 466 g/mol. The average Bonchev–Trinajstić information content (AvgIpc) is 2.69. The topological polar surface area (TPSA) is 65.0 Å². The lowest BCUT2D eigenvalue weighted by Crippen LogP contribution is -2.11. The first-order valence-corrected chi connectivity index (χ1v) is 10.6. The van der Waals surface area contributed by atoms with E-state index in [-0.39, 0.29) is 16.4 Å². The van der Waals surface area contributed by atoms with Crippen LogP contribution >= 0.6 is 27.5 Å². The van der Waals surface area contributed by atoms with Crippen molar-refractivity contribution in [3.63, 3.8) is 0 Å². The van der Waals surface area contributed by atoms with Gasteiger partial charge in [-0.2, -0.15) is 8.42 Å². The Bertz CT molecular complexity index is 1100. The zero-order valence-corrected chi connectivity index (χ0v) is 17.8. The van der Waals surface area contributed by atoms with Crippen LogP contribution in [0.15, 0.2) is 81.1 Å². The lowest BCUT2D eigenvalue weighted by molar-refractivity contribution is 0.389. The quantitative estimate of drug-likeness (QED) is 0.339. The smallest absolute Gasteiger partial charge is 0.339 e. The maximum absolute atomic E-state index is 12.6. The lowest BCUT2D eigenvalue weighted by Gasteiger charge is -2.13. The van der Waals surface area contributed by atoms with Crippen molar-refractivity contribution in [2.75, 3.05) is 7.11 Å². The predicted molar refractivity (Wildman–Crippen MR) is 114 cm³/mol. The molecule has 0 aliphatic carbocycles. The molecule has 3 aromatic rings. The second-order valence-corrected chi connectivity index (χ2v) is 8.46. The van der Waals surface area contributed by atoms with Crippen molar-refractivity contribution in [2.45, 2.75) is 4.90 Å². The molecule has 3 aromatic carbocycles. The Morgan fingerprint density at radius 3 is 2.36 bits per heavy atom. The minimum absolute atomic E-state index is 0.0134. The van der Waals surface area contributed by atoms with Crippen LogP contribution < -0.4 is 8.92 Å². The first-order chi connectivity index (χ1) is 13.4. The summed E-state index contributed by atoms with van der Waals surface area (Å²) in [5.74, 6) is 0.302. The molecule has 0 saturated heterocycles. The van der Waals surface area contributed by atoms with Crippen LogP contribution in [-0.2, 0) is 10.1 Å². The standard InChI is InChI=1S/C20H15BrClNO4S/c1-26-19-12-14(13-23-16-5-3-2-4-6-16)11-18(21)20(19)27-28(24,25)17-9-7-15(22)8-10-17/h2-13H,1H3. The van der Waals surface area contributed by atoms with E-state index in [9.17, 15) is 8.42 Å². The molecule has 0 aliphatic rings. The maximum Gasteiger partial charge on any atom is 0.339 e. The van der Waals surface area contributed by atoms with E-state index >= 15 is 0 Å². The van der Waals surface area contributed by atoms with Gasteiger partial charge in [-0.25, -0.2) is 0 Å². The summed E-state index contributed by atoms with van der Waals surface area (Å²) >= 11 is 9.16. The Morgan fingerprint density at radius 1 is 1.04 bits per heavy atom. The molecule has 28 heavy (non-hydrogen) atoms. The van der Waals surface area contributed by atoms with Crippen LogP contribution in [-0.4, -0.2) is 21.7 Å². The Hall–Kier alpha value is -2.35.